The van der Waals surface area contributed by atoms with Gasteiger partial charge in [0.2, 0.25) is 0 Å². The van der Waals surface area contributed by atoms with Crippen LogP contribution in [-0.2, 0) is 13.1 Å². The summed E-state index contributed by atoms with van der Waals surface area (Å²) in [6.45, 7) is 6.79. The smallest absolute Gasteiger partial charge is 0.255 e. The maximum absolute atomic E-state index is 13.4. The first kappa shape index (κ1) is 30.9. The molecule has 6 N–H and O–H groups in total. The van der Waals surface area contributed by atoms with Gasteiger partial charge in [-0.15, -0.1) is 0 Å². The number of hydrogen-bond donors (Lipinski definition) is 4. The molecule has 7 nitrogen and oxygen atoms in total. The molecule has 0 aromatic heterocycles. The molecule has 0 atom stereocenters. The average Bonchev–Trinajstić information content (AvgIpc) is 3.03. The van der Waals surface area contributed by atoms with Gasteiger partial charge < -0.3 is 27.0 Å². The number of carbonyl (C=O) groups excluding carboxylic acids is 1. The molecule has 0 aliphatic rings. The summed E-state index contributed by atoms with van der Waals surface area (Å²) in [5.74, 6) is -0.117. The number of benzene rings is 5. The van der Waals surface area contributed by atoms with Crippen LogP contribution in [0.5, 0.6) is 0 Å². The van der Waals surface area contributed by atoms with E-state index in [-0.39, 0.29) is 11.9 Å². The lowest BCUT2D eigenvalue weighted by molar-refractivity contribution is 0.102. The fraction of sp³-hybridized carbons (Fsp3) is 0.158. The second-order valence-corrected chi connectivity index (χ2v) is 11.2. The van der Waals surface area contributed by atoms with Crippen LogP contribution >= 0.6 is 0 Å². The number of nitrogens with zero attached hydrogens (tertiary/aromatic N) is 2. The van der Waals surface area contributed by atoms with Crippen LogP contribution in [0, 0.1) is 13.8 Å². The molecule has 0 spiro atoms. The van der Waals surface area contributed by atoms with E-state index in [0.29, 0.717) is 18.7 Å². The third-order valence-electron chi connectivity index (χ3n) is 7.49. The minimum Gasteiger partial charge on any atom is -0.383 e. The Morgan fingerprint density at radius 3 is 1.98 bits per heavy atom. The number of nitrogens with two attached hydrogens (primary N) is 2. The van der Waals surface area contributed by atoms with Gasteiger partial charge in [-0.3, -0.25) is 9.79 Å². The molecule has 7 heteroatoms. The van der Waals surface area contributed by atoms with E-state index in [4.69, 9.17) is 11.5 Å². The zero-order valence-corrected chi connectivity index (χ0v) is 25.8. The van der Waals surface area contributed by atoms with Gasteiger partial charge in [-0.1, -0.05) is 90.0 Å². The van der Waals surface area contributed by atoms with Crippen molar-refractivity contribution in [2.75, 3.05) is 28.6 Å². The molecular formula is C38H40N6O. The molecule has 5 aromatic rings. The zero-order valence-electron chi connectivity index (χ0n) is 25.8. The van der Waals surface area contributed by atoms with Gasteiger partial charge in [-0.25, -0.2) is 0 Å². The second-order valence-electron chi connectivity index (χ2n) is 11.2. The van der Waals surface area contributed by atoms with Crippen molar-refractivity contribution < 1.29 is 4.79 Å². The van der Waals surface area contributed by atoms with Crippen molar-refractivity contribution in [2.24, 2.45) is 16.5 Å². The Morgan fingerprint density at radius 2 is 1.38 bits per heavy atom. The summed E-state index contributed by atoms with van der Waals surface area (Å²) in [6, 6.07) is 40.9. The number of amides is 1. The van der Waals surface area contributed by atoms with Crippen LogP contribution in [0.4, 0.5) is 17.1 Å². The number of aliphatic imine (C=N–C) groups is 1. The number of hydrogen-bond acceptors (Lipinski definition) is 4. The lowest BCUT2D eigenvalue weighted by Crippen LogP contribution is -2.24. The summed E-state index contributed by atoms with van der Waals surface area (Å²) in [6.07, 6.45) is 0. The van der Waals surface area contributed by atoms with Gasteiger partial charge in [-0.2, -0.15) is 0 Å². The summed E-state index contributed by atoms with van der Waals surface area (Å²) in [4.78, 5) is 19.8. The SMILES string of the molecule is Cc1cccc(CN(Cc2cccc(C)c2)c2ccc(NC(=O)c3ccc(NCCN=C(N)N)c(-c4ccccc4)c3)cc2)c1. The van der Waals surface area contributed by atoms with Gasteiger partial charge in [0.15, 0.2) is 5.96 Å². The van der Waals surface area contributed by atoms with Crippen LogP contribution < -0.4 is 27.0 Å². The molecule has 0 saturated heterocycles. The van der Waals surface area contributed by atoms with Crippen LogP contribution in [0.2, 0.25) is 0 Å². The van der Waals surface area contributed by atoms with Gasteiger partial charge in [-0.05, 0) is 73.0 Å². The lowest BCUT2D eigenvalue weighted by atomic mass is 10.0. The first-order chi connectivity index (χ1) is 21.8. The number of guanidine groups is 1. The van der Waals surface area contributed by atoms with E-state index >= 15 is 0 Å². The lowest BCUT2D eigenvalue weighted by Gasteiger charge is -2.26. The van der Waals surface area contributed by atoms with E-state index in [9.17, 15) is 4.79 Å². The monoisotopic (exact) mass is 596 g/mol. The van der Waals surface area contributed by atoms with E-state index in [2.05, 4.69) is 95.0 Å². The Balaban J connectivity index is 1.34. The number of carbonyl (C=O) groups is 1. The molecule has 45 heavy (non-hydrogen) atoms. The molecule has 5 rings (SSSR count). The van der Waals surface area contributed by atoms with E-state index < -0.39 is 0 Å². The van der Waals surface area contributed by atoms with E-state index in [0.717, 1.165) is 41.3 Å². The average molecular weight is 597 g/mol. The molecule has 0 saturated carbocycles. The molecule has 0 unspecified atom stereocenters. The fourth-order valence-corrected chi connectivity index (χ4v) is 5.33. The van der Waals surface area contributed by atoms with Crippen LogP contribution in [0.1, 0.15) is 32.6 Å². The van der Waals surface area contributed by atoms with Crippen LogP contribution in [-0.4, -0.2) is 25.0 Å². The molecule has 1 amide bonds. The summed E-state index contributed by atoms with van der Waals surface area (Å²) < 4.78 is 0. The van der Waals surface area contributed by atoms with E-state index in [1.165, 1.54) is 22.3 Å². The third-order valence-corrected chi connectivity index (χ3v) is 7.49. The predicted molar refractivity (Wildman–Crippen MR) is 188 cm³/mol. The molecule has 0 aliphatic heterocycles. The second kappa shape index (κ2) is 14.8. The summed E-state index contributed by atoms with van der Waals surface area (Å²) in [7, 11) is 0. The van der Waals surface area contributed by atoms with Crippen LogP contribution in [0.3, 0.4) is 0 Å². The highest BCUT2D eigenvalue weighted by atomic mass is 16.1. The highest BCUT2D eigenvalue weighted by molar-refractivity contribution is 6.05. The minimum atomic E-state index is -0.177. The van der Waals surface area contributed by atoms with Crippen LogP contribution in [0.25, 0.3) is 11.1 Å². The quantitative estimate of drug-likeness (QED) is 0.0697. The topological polar surface area (TPSA) is 109 Å². The molecular weight excluding hydrogens is 556 g/mol. The Hall–Kier alpha value is -5.56. The van der Waals surface area contributed by atoms with Crippen molar-refractivity contribution in [2.45, 2.75) is 26.9 Å². The third kappa shape index (κ3) is 8.74. The molecule has 0 heterocycles. The van der Waals surface area contributed by atoms with E-state index in [1.807, 2.05) is 60.7 Å². The largest absolute Gasteiger partial charge is 0.383 e. The van der Waals surface area contributed by atoms with Gasteiger partial charge in [0.05, 0.1) is 6.54 Å². The normalized spacial score (nSPS) is 10.6. The highest BCUT2D eigenvalue weighted by Crippen LogP contribution is 2.30. The Labute approximate surface area is 265 Å². The maximum Gasteiger partial charge on any atom is 0.255 e. The molecule has 0 aliphatic carbocycles. The van der Waals surface area contributed by atoms with Crippen molar-refractivity contribution in [3.8, 4) is 11.1 Å². The van der Waals surface area contributed by atoms with Gasteiger partial charge >= 0.3 is 0 Å². The number of aryl methyl sites for hydroxylation is 2. The molecule has 0 fully saturated rings. The van der Waals surface area contributed by atoms with E-state index in [1.54, 1.807) is 0 Å². The fourth-order valence-electron chi connectivity index (χ4n) is 5.33. The van der Waals surface area contributed by atoms with Gasteiger partial charge in [0, 0.05) is 47.8 Å². The maximum atomic E-state index is 13.4. The van der Waals surface area contributed by atoms with Crippen LogP contribution in [0.15, 0.2) is 126 Å². The van der Waals surface area contributed by atoms with Crippen molar-refractivity contribution in [3.05, 3.63) is 149 Å². The molecule has 0 radical (unpaired) electrons. The number of anilines is 3. The Morgan fingerprint density at radius 1 is 0.733 bits per heavy atom. The Bertz CT molecular complexity index is 1710. The first-order valence-corrected chi connectivity index (χ1v) is 15.1. The first-order valence-electron chi connectivity index (χ1n) is 15.1. The summed E-state index contributed by atoms with van der Waals surface area (Å²) in [5.41, 5.74) is 21.1. The van der Waals surface area contributed by atoms with Crippen molar-refractivity contribution >= 4 is 28.9 Å². The zero-order chi connectivity index (χ0) is 31.6. The summed E-state index contributed by atoms with van der Waals surface area (Å²) >= 11 is 0. The minimum absolute atomic E-state index is 0.0606. The van der Waals surface area contributed by atoms with Crippen molar-refractivity contribution in [3.63, 3.8) is 0 Å². The highest BCUT2D eigenvalue weighted by Gasteiger charge is 2.14. The molecule has 0 bridgehead atoms. The number of nitrogens with one attached hydrogen (secondary N) is 2. The van der Waals surface area contributed by atoms with Gasteiger partial charge in [0.1, 0.15) is 0 Å². The summed E-state index contributed by atoms with van der Waals surface area (Å²) in [5, 5.41) is 6.46. The number of rotatable bonds is 12. The van der Waals surface area contributed by atoms with Crippen molar-refractivity contribution in [1.82, 2.24) is 0 Å². The Kier molecular flexibility index (Phi) is 10.1. The predicted octanol–water partition coefficient (Wildman–Crippen LogP) is 7.11. The van der Waals surface area contributed by atoms with Crippen molar-refractivity contribution in [1.29, 1.82) is 0 Å². The standard InChI is InChI=1S/C38H40N6O/c1-27-8-6-10-29(22-27)25-44(26-30-11-7-9-28(2)23-30)34-17-15-33(16-18-34)43-37(45)32-14-19-36(41-20-21-42-38(39)40)35(24-32)31-12-4-3-5-13-31/h3-19,22-24,41H,20-21,25-26H2,1-2H3,(H,43,45)(H4,39,40,42). The molecule has 228 valence electrons. The molecule has 5 aromatic carbocycles. The van der Waals surface area contributed by atoms with Gasteiger partial charge in [0.25, 0.3) is 5.91 Å².